The normalized spacial score (nSPS) is 10.5. The molecule has 0 fully saturated rings. The third-order valence-electron chi connectivity index (χ3n) is 2.82. The van der Waals surface area contributed by atoms with Gasteiger partial charge >= 0.3 is 0 Å². The zero-order valence-corrected chi connectivity index (χ0v) is 13.8. The molecule has 0 bridgehead atoms. The van der Waals surface area contributed by atoms with Crippen molar-refractivity contribution in [3.63, 3.8) is 0 Å². The van der Waals surface area contributed by atoms with Gasteiger partial charge in [0.15, 0.2) is 0 Å². The first-order chi connectivity index (χ1) is 11.0. The van der Waals surface area contributed by atoms with Crippen LogP contribution in [0.15, 0.2) is 52.0 Å². The Morgan fingerprint density at radius 3 is 2.48 bits per heavy atom. The van der Waals surface area contributed by atoms with Crippen molar-refractivity contribution >= 4 is 39.6 Å². The summed E-state index contributed by atoms with van der Waals surface area (Å²) >= 11 is 3.20. The first kappa shape index (κ1) is 16.7. The summed E-state index contributed by atoms with van der Waals surface area (Å²) < 4.78 is 0.543. The summed E-state index contributed by atoms with van der Waals surface area (Å²) in [5.74, 6) is -0.411. The molecular weight excluding hydrogens is 362 g/mol. The lowest BCUT2D eigenvalue weighted by Gasteiger charge is -2.03. The number of hydrogen-bond donors (Lipinski definition) is 3. The second-order valence-electron chi connectivity index (χ2n) is 4.67. The molecule has 2 rings (SSSR count). The van der Waals surface area contributed by atoms with Gasteiger partial charge in [0, 0.05) is 18.2 Å². The van der Waals surface area contributed by atoms with E-state index in [1.165, 1.54) is 19.2 Å². The molecule has 2 aromatic rings. The van der Waals surface area contributed by atoms with Gasteiger partial charge in [-0.25, -0.2) is 5.43 Å². The van der Waals surface area contributed by atoms with E-state index in [-0.39, 0.29) is 17.6 Å². The molecule has 0 radical (unpaired) electrons. The van der Waals surface area contributed by atoms with E-state index in [0.717, 1.165) is 5.56 Å². The van der Waals surface area contributed by atoms with Crippen LogP contribution in [0, 0.1) is 0 Å². The van der Waals surface area contributed by atoms with Crippen LogP contribution >= 0.6 is 15.9 Å². The number of anilines is 1. The minimum Gasteiger partial charge on any atom is -0.507 e. The molecular formula is C16H14BrN3O3. The summed E-state index contributed by atoms with van der Waals surface area (Å²) in [7, 11) is 0. The van der Waals surface area contributed by atoms with Crippen LogP contribution in [0.3, 0.4) is 0 Å². The maximum absolute atomic E-state index is 11.9. The minimum absolute atomic E-state index is 0.130. The number of hydrazone groups is 1. The average molecular weight is 376 g/mol. The fourth-order valence-electron chi connectivity index (χ4n) is 1.74. The molecule has 23 heavy (non-hydrogen) atoms. The molecule has 0 saturated carbocycles. The lowest BCUT2D eigenvalue weighted by atomic mass is 10.2. The van der Waals surface area contributed by atoms with E-state index in [1.807, 2.05) is 0 Å². The van der Waals surface area contributed by atoms with Crippen molar-refractivity contribution in [1.82, 2.24) is 5.43 Å². The molecule has 6 nitrogen and oxygen atoms in total. The number of nitrogens with one attached hydrogen (secondary N) is 2. The van der Waals surface area contributed by atoms with Gasteiger partial charge in [-0.15, -0.1) is 0 Å². The Balaban J connectivity index is 1.97. The van der Waals surface area contributed by atoms with E-state index < -0.39 is 0 Å². The first-order valence-corrected chi connectivity index (χ1v) is 7.44. The SMILES string of the molecule is CC(=O)Nc1ccc(C(=O)NN=Cc2ccc(O)c(Br)c2)cc1. The number of benzene rings is 2. The largest absolute Gasteiger partial charge is 0.507 e. The molecule has 0 aliphatic rings. The molecule has 0 aliphatic carbocycles. The Hall–Kier alpha value is -2.67. The Kier molecular flexibility index (Phi) is 5.48. The van der Waals surface area contributed by atoms with Crippen molar-refractivity contribution in [3.05, 3.63) is 58.1 Å². The summed E-state index contributed by atoms with van der Waals surface area (Å²) in [4.78, 5) is 22.9. The minimum atomic E-state index is -0.367. The zero-order valence-electron chi connectivity index (χ0n) is 12.2. The van der Waals surface area contributed by atoms with Crippen LogP contribution in [0.1, 0.15) is 22.8 Å². The smallest absolute Gasteiger partial charge is 0.271 e. The van der Waals surface area contributed by atoms with Crippen LogP contribution in [0.25, 0.3) is 0 Å². The number of carbonyl (C=O) groups excluding carboxylic acids is 2. The van der Waals surface area contributed by atoms with Gasteiger partial charge in [0.2, 0.25) is 5.91 Å². The van der Waals surface area contributed by atoms with E-state index in [2.05, 4.69) is 31.8 Å². The molecule has 0 saturated heterocycles. The Morgan fingerprint density at radius 1 is 1.17 bits per heavy atom. The highest BCUT2D eigenvalue weighted by molar-refractivity contribution is 9.10. The molecule has 0 aliphatic heterocycles. The quantitative estimate of drug-likeness (QED) is 0.566. The molecule has 0 aromatic heterocycles. The number of hydrogen-bond acceptors (Lipinski definition) is 4. The van der Waals surface area contributed by atoms with Crippen LogP contribution in [0.4, 0.5) is 5.69 Å². The van der Waals surface area contributed by atoms with Crippen molar-refractivity contribution in [2.45, 2.75) is 6.92 Å². The number of amides is 2. The highest BCUT2D eigenvalue weighted by Crippen LogP contribution is 2.23. The predicted molar refractivity (Wildman–Crippen MR) is 91.6 cm³/mol. The van der Waals surface area contributed by atoms with Crippen LogP contribution in [-0.2, 0) is 4.79 Å². The molecule has 0 spiro atoms. The molecule has 3 N–H and O–H groups in total. The fraction of sp³-hybridized carbons (Fsp3) is 0.0625. The fourth-order valence-corrected chi connectivity index (χ4v) is 2.14. The van der Waals surface area contributed by atoms with Crippen molar-refractivity contribution in [3.8, 4) is 5.75 Å². The van der Waals surface area contributed by atoms with Gasteiger partial charge in [-0.2, -0.15) is 5.10 Å². The van der Waals surface area contributed by atoms with Gasteiger partial charge in [-0.3, -0.25) is 9.59 Å². The van der Waals surface area contributed by atoms with Crippen molar-refractivity contribution in [2.75, 3.05) is 5.32 Å². The summed E-state index contributed by atoms with van der Waals surface area (Å²) in [6.45, 7) is 1.41. The Labute approximate surface area is 141 Å². The van der Waals surface area contributed by atoms with Crippen molar-refractivity contribution in [2.24, 2.45) is 5.10 Å². The van der Waals surface area contributed by atoms with Crippen LogP contribution in [0.2, 0.25) is 0 Å². The van der Waals surface area contributed by atoms with E-state index in [0.29, 0.717) is 15.7 Å². The van der Waals surface area contributed by atoms with Crippen molar-refractivity contribution < 1.29 is 14.7 Å². The van der Waals surface area contributed by atoms with Gasteiger partial charge in [0.25, 0.3) is 5.91 Å². The lowest BCUT2D eigenvalue weighted by Crippen LogP contribution is -2.17. The van der Waals surface area contributed by atoms with Gasteiger partial charge in [0.05, 0.1) is 10.7 Å². The molecule has 0 heterocycles. The number of halogens is 1. The highest BCUT2D eigenvalue weighted by atomic mass is 79.9. The Bertz CT molecular complexity index is 758. The Morgan fingerprint density at radius 2 is 1.87 bits per heavy atom. The van der Waals surface area contributed by atoms with Crippen molar-refractivity contribution in [1.29, 1.82) is 0 Å². The highest BCUT2D eigenvalue weighted by Gasteiger charge is 2.04. The van der Waals surface area contributed by atoms with Gasteiger partial charge < -0.3 is 10.4 Å². The van der Waals surface area contributed by atoms with E-state index in [1.54, 1.807) is 36.4 Å². The summed E-state index contributed by atoms with van der Waals surface area (Å²) in [6.07, 6.45) is 1.47. The third kappa shape index (κ3) is 4.93. The second-order valence-corrected chi connectivity index (χ2v) is 5.52. The maximum atomic E-state index is 11.9. The molecule has 2 aromatic carbocycles. The number of phenols is 1. The molecule has 7 heteroatoms. The van der Waals surface area contributed by atoms with E-state index >= 15 is 0 Å². The number of rotatable bonds is 4. The topological polar surface area (TPSA) is 90.8 Å². The lowest BCUT2D eigenvalue weighted by molar-refractivity contribution is -0.114. The van der Waals surface area contributed by atoms with E-state index in [9.17, 15) is 14.7 Å². The molecule has 0 unspecified atom stereocenters. The summed E-state index contributed by atoms with van der Waals surface area (Å²) in [6, 6.07) is 11.3. The van der Waals surface area contributed by atoms with Crippen LogP contribution in [0.5, 0.6) is 5.75 Å². The molecule has 2 amide bonds. The number of phenolic OH excluding ortho intramolecular Hbond substituents is 1. The number of aromatic hydroxyl groups is 1. The zero-order chi connectivity index (χ0) is 16.8. The number of carbonyl (C=O) groups is 2. The molecule has 118 valence electrons. The van der Waals surface area contributed by atoms with Gasteiger partial charge in [0.1, 0.15) is 5.75 Å². The number of nitrogens with zero attached hydrogens (tertiary/aromatic N) is 1. The van der Waals surface area contributed by atoms with Crippen LogP contribution < -0.4 is 10.7 Å². The molecule has 0 atom stereocenters. The second kappa shape index (κ2) is 7.55. The van der Waals surface area contributed by atoms with Crippen LogP contribution in [-0.4, -0.2) is 23.1 Å². The van der Waals surface area contributed by atoms with Gasteiger partial charge in [-0.1, -0.05) is 0 Å². The van der Waals surface area contributed by atoms with E-state index in [4.69, 9.17) is 0 Å². The third-order valence-corrected chi connectivity index (χ3v) is 3.45. The standard InChI is InChI=1S/C16H14BrN3O3/c1-10(21)19-13-5-3-12(4-6-13)16(23)20-18-9-11-2-7-15(22)14(17)8-11/h2-9,22H,1H3,(H,19,21)(H,20,23). The summed E-state index contributed by atoms with van der Waals surface area (Å²) in [5.41, 5.74) is 4.16. The predicted octanol–water partition coefficient (Wildman–Crippen LogP) is 2.88. The maximum Gasteiger partial charge on any atom is 0.271 e. The van der Waals surface area contributed by atoms with Gasteiger partial charge in [-0.05, 0) is 64.0 Å². The monoisotopic (exact) mass is 375 g/mol. The summed E-state index contributed by atoms with van der Waals surface area (Å²) in [5, 5.41) is 15.9. The average Bonchev–Trinajstić information content (AvgIpc) is 2.51. The first-order valence-electron chi connectivity index (χ1n) is 6.65.